The van der Waals surface area contributed by atoms with E-state index in [0.29, 0.717) is 17.6 Å². The highest BCUT2D eigenvalue weighted by molar-refractivity contribution is 5.80. The lowest BCUT2D eigenvalue weighted by Gasteiger charge is -2.40. The number of ether oxygens (including phenoxy) is 1. The summed E-state index contributed by atoms with van der Waals surface area (Å²) in [5.41, 5.74) is 3.22. The predicted molar refractivity (Wildman–Crippen MR) is 91.3 cm³/mol. The Hall–Kier alpha value is -1.44. The van der Waals surface area contributed by atoms with Crippen LogP contribution in [0.25, 0.3) is 5.57 Å². The molecule has 1 aliphatic heterocycles. The first-order chi connectivity index (χ1) is 10.4. The molecule has 0 spiro atoms. The Balaban J connectivity index is 1.98. The number of aryl methyl sites for hydroxylation is 1. The van der Waals surface area contributed by atoms with Crippen LogP contribution in [-0.2, 0) is 6.42 Å². The summed E-state index contributed by atoms with van der Waals surface area (Å²) in [6, 6.07) is 4.09. The van der Waals surface area contributed by atoms with Crippen molar-refractivity contribution in [2.75, 3.05) is 0 Å². The van der Waals surface area contributed by atoms with Crippen LogP contribution in [0.2, 0.25) is 0 Å². The highest BCUT2D eigenvalue weighted by Crippen LogP contribution is 2.53. The zero-order chi connectivity index (χ0) is 15.9. The van der Waals surface area contributed by atoms with Crippen LogP contribution in [0.3, 0.4) is 0 Å². The van der Waals surface area contributed by atoms with Crippen molar-refractivity contribution in [2.24, 2.45) is 11.8 Å². The predicted octanol–water partition coefficient (Wildman–Crippen LogP) is 5.34. The average molecular weight is 300 g/mol. The highest BCUT2D eigenvalue weighted by atomic mass is 16.5. The average Bonchev–Trinajstić information content (AvgIpc) is 2.80. The minimum atomic E-state index is -0.196. The molecule has 1 unspecified atom stereocenters. The summed E-state index contributed by atoms with van der Waals surface area (Å²) in [5, 5.41) is 10.6. The molecule has 0 amide bonds. The van der Waals surface area contributed by atoms with Crippen molar-refractivity contribution in [2.45, 2.75) is 65.4 Å². The van der Waals surface area contributed by atoms with Gasteiger partial charge in [-0.05, 0) is 62.3 Å². The molecule has 0 aromatic heterocycles. The standard InChI is InChI=1S/C20H28O2/c1-5-6-7-8-14-11-17(21)19-15-9-13(2)10-16(15)20(3,4)22-18(19)12-14/h9,11-13,16,21H,5-8,10H2,1-4H3/t13?,16-/m1/s1. The Morgan fingerprint density at radius 2 is 2.05 bits per heavy atom. The van der Waals surface area contributed by atoms with Gasteiger partial charge in [0.15, 0.2) is 0 Å². The van der Waals surface area contributed by atoms with Crippen LogP contribution in [0.15, 0.2) is 18.2 Å². The minimum Gasteiger partial charge on any atom is -0.507 e. The van der Waals surface area contributed by atoms with Crippen LogP contribution in [0.4, 0.5) is 0 Å². The van der Waals surface area contributed by atoms with Gasteiger partial charge in [0.25, 0.3) is 0 Å². The first-order valence-electron chi connectivity index (χ1n) is 8.69. The van der Waals surface area contributed by atoms with Crippen molar-refractivity contribution in [3.8, 4) is 11.5 Å². The summed E-state index contributed by atoms with van der Waals surface area (Å²) in [5.74, 6) is 2.20. The van der Waals surface area contributed by atoms with Gasteiger partial charge in [0.05, 0.1) is 5.56 Å². The molecule has 3 rings (SSSR count). The normalized spacial score (nSPS) is 25.2. The van der Waals surface area contributed by atoms with E-state index in [4.69, 9.17) is 4.74 Å². The molecule has 2 atom stereocenters. The maximum absolute atomic E-state index is 10.6. The molecule has 2 aliphatic rings. The van der Waals surface area contributed by atoms with Crippen LogP contribution < -0.4 is 4.74 Å². The second-order valence-corrected chi connectivity index (χ2v) is 7.54. The van der Waals surface area contributed by atoms with Crippen molar-refractivity contribution in [1.29, 1.82) is 0 Å². The van der Waals surface area contributed by atoms with E-state index in [1.807, 2.05) is 6.07 Å². The molecular formula is C20H28O2. The fourth-order valence-electron chi connectivity index (χ4n) is 4.01. The topological polar surface area (TPSA) is 29.5 Å². The van der Waals surface area contributed by atoms with Gasteiger partial charge in [0, 0.05) is 5.92 Å². The SMILES string of the molecule is CCCCCc1cc(O)c2c(c1)OC(C)(C)[C@@H]1CC(C)C=C21. The van der Waals surface area contributed by atoms with Gasteiger partial charge in [-0.25, -0.2) is 0 Å². The lowest BCUT2D eigenvalue weighted by atomic mass is 9.78. The molecule has 0 fully saturated rings. The molecule has 0 radical (unpaired) electrons. The third-order valence-corrected chi connectivity index (χ3v) is 5.16. The summed E-state index contributed by atoms with van der Waals surface area (Å²) in [4.78, 5) is 0. The first-order valence-corrected chi connectivity index (χ1v) is 8.69. The number of hydrogen-bond acceptors (Lipinski definition) is 2. The van der Waals surface area contributed by atoms with Gasteiger partial charge in [-0.1, -0.05) is 32.8 Å². The second kappa shape index (κ2) is 5.64. The van der Waals surface area contributed by atoms with Crippen molar-refractivity contribution >= 4 is 5.57 Å². The van der Waals surface area contributed by atoms with E-state index in [1.165, 1.54) is 30.4 Å². The lowest BCUT2D eigenvalue weighted by molar-refractivity contribution is 0.0561. The fraction of sp³-hybridized carbons (Fsp3) is 0.600. The molecule has 0 saturated heterocycles. The van der Waals surface area contributed by atoms with Crippen molar-refractivity contribution in [3.63, 3.8) is 0 Å². The van der Waals surface area contributed by atoms with Gasteiger partial charge >= 0.3 is 0 Å². The van der Waals surface area contributed by atoms with E-state index >= 15 is 0 Å². The van der Waals surface area contributed by atoms with Crippen LogP contribution >= 0.6 is 0 Å². The Morgan fingerprint density at radius 3 is 2.77 bits per heavy atom. The van der Waals surface area contributed by atoms with Gasteiger partial charge in [-0.2, -0.15) is 0 Å². The first kappa shape index (κ1) is 15.5. The number of benzene rings is 1. The van der Waals surface area contributed by atoms with Crippen molar-refractivity contribution in [3.05, 3.63) is 29.3 Å². The zero-order valence-corrected chi connectivity index (χ0v) is 14.3. The van der Waals surface area contributed by atoms with E-state index in [1.54, 1.807) is 0 Å². The molecule has 22 heavy (non-hydrogen) atoms. The molecular weight excluding hydrogens is 272 g/mol. The fourth-order valence-corrected chi connectivity index (χ4v) is 4.01. The Kier molecular flexibility index (Phi) is 3.96. The van der Waals surface area contributed by atoms with Gasteiger partial charge in [0.1, 0.15) is 17.1 Å². The molecule has 1 aromatic carbocycles. The van der Waals surface area contributed by atoms with Crippen LogP contribution in [-0.4, -0.2) is 10.7 Å². The van der Waals surface area contributed by atoms with E-state index in [9.17, 15) is 5.11 Å². The number of aromatic hydroxyl groups is 1. The number of phenols is 1. The summed E-state index contributed by atoms with van der Waals surface area (Å²) < 4.78 is 6.31. The monoisotopic (exact) mass is 300 g/mol. The summed E-state index contributed by atoms with van der Waals surface area (Å²) in [7, 11) is 0. The molecule has 2 heteroatoms. The molecule has 120 valence electrons. The molecule has 2 nitrogen and oxygen atoms in total. The number of fused-ring (bicyclic) bond motifs is 3. The molecule has 1 aliphatic carbocycles. The van der Waals surface area contributed by atoms with Gasteiger partial charge in [-0.15, -0.1) is 0 Å². The highest BCUT2D eigenvalue weighted by Gasteiger charge is 2.44. The Morgan fingerprint density at radius 1 is 1.27 bits per heavy atom. The van der Waals surface area contributed by atoms with Crippen molar-refractivity contribution in [1.82, 2.24) is 0 Å². The third kappa shape index (κ3) is 2.64. The van der Waals surface area contributed by atoms with Gasteiger partial charge in [-0.3, -0.25) is 0 Å². The van der Waals surface area contributed by atoms with E-state index in [2.05, 4.69) is 39.8 Å². The van der Waals surface area contributed by atoms with Gasteiger partial charge in [0.2, 0.25) is 0 Å². The third-order valence-electron chi connectivity index (χ3n) is 5.16. The maximum Gasteiger partial charge on any atom is 0.131 e. The van der Waals surface area contributed by atoms with Gasteiger partial charge < -0.3 is 9.84 Å². The van der Waals surface area contributed by atoms with Crippen LogP contribution in [0.5, 0.6) is 11.5 Å². The Bertz CT molecular complexity index is 598. The smallest absolute Gasteiger partial charge is 0.131 e. The van der Waals surface area contributed by atoms with E-state index in [-0.39, 0.29) is 5.60 Å². The number of unbranched alkanes of at least 4 members (excludes halogenated alkanes) is 2. The number of allylic oxidation sites excluding steroid dienone is 1. The zero-order valence-electron chi connectivity index (χ0n) is 14.3. The molecule has 1 heterocycles. The molecule has 1 N–H and O–H groups in total. The van der Waals surface area contributed by atoms with Crippen LogP contribution in [0, 0.1) is 11.8 Å². The largest absolute Gasteiger partial charge is 0.507 e. The number of phenolic OH excluding ortho intramolecular Hbond substituents is 1. The van der Waals surface area contributed by atoms with E-state index in [0.717, 1.165) is 24.2 Å². The number of hydrogen-bond donors (Lipinski definition) is 1. The summed E-state index contributed by atoms with van der Waals surface area (Å²) in [6.45, 7) is 8.81. The van der Waals surface area contributed by atoms with Crippen molar-refractivity contribution < 1.29 is 9.84 Å². The molecule has 0 bridgehead atoms. The molecule has 1 aromatic rings. The summed E-state index contributed by atoms with van der Waals surface area (Å²) >= 11 is 0. The van der Waals surface area contributed by atoms with Crippen LogP contribution in [0.1, 0.15) is 64.5 Å². The summed E-state index contributed by atoms with van der Waals surface area (Å²) in [6.07, 6.45) is 8.06. The Labute approximate surface area is 134 Å². The minimum absolute atomic E-state index is 0.196. The maximum atomic E-state index is 10.6. The second-order valence-electron chi connectivity index (χ2n) is 7.54. The van der Waals surface area contributed by atoms with E-state index < -0.39 is 0 Å². The molecule has 0 saturated carbocycles. The quantitative estimate of drug-likeness (QED) is 0.761. The lowest BCUT2D eigenvalue weighted by Crippen LogP contribution is -2.40. The number of rotatable bonds is 4.